The summed E-state index contributed by atoms with van der Waals surface area (Å²) in [6, 6.07) is 5.43. The van der Waals surface area contributed by atoms with E-state index in [2.05, 4.69) is 11.2 Å². The molecule has 0 bridgehead atoms. The number of pyridine rings is 1. The first-order valence-electron chi connectivity index (χ1n) is 4.51. The third-order valence-corrected chi connectivity index (χ3v) is 2.20. The van der Waals surface area contributed by atoms with Crippen LogP contribution in [0.25, 0.3) is 0 Å². The molecule has 1 radical (unpaired) electrons. The van der Waals surface area contributed by atoms with E-state index < -0.39 is 0 Å². The second kappa shape index (κ2) is 3.56. The average Bonchev–Trinajstić information content (AvgIpc) is 2.20. The molecular weight excluding hydrogens is 164 g/mol. The van der Waals surface area contributed by atoms with E-state index in [-0.39, 0.29) is 5.91 Å². The first-order valence-corrected chi connectivity index (χ1v) is 4.51. The molecule has 3 nitrogen and oxygen atoms in total. The highest BCUT2D eigenvalue weighted by Gasteiger charge is 2.19. The quantitative estimate of drug-likeness (QED) is 0.646. The molecule has 2 rings (SSSR count). The zero-order valence-corrected chi connectivity index (χ0v) is 7.36. The fourth-order valence-corrected chi connectivity index (χ4v) is 1.52. The van der Waals surface area contributed by atoms with Gasteiger partial charge in [-0.1, -0.05) is 6.07 Å². The molecule has 1 amide bonds. The number of nitrogens with zero attached hydrogens (tertiary/aromatic N) is 2. The highest BCUT2D eigenvalue weighted by Crippen LogP contribution is 2.17. The van der Waals surface area contributed by atoms with Gasteiger partial charge >= 0.3 is 0 Å². The van der Waals surface area contributed by atoms with E-state index in [1.165, 1.54) is 0 Å². The largest absolute Gasteiger partial charge is 0.297 e. The standard InChI is InChI=1S/C10H11N2O/c13-10-6-2-4-8-12(10)9-5-1-3-7-11-9/h1,3,5H,2,4,6,8H2. The molecule has 1 aliphatic rings. The Hall–Kier alpha value is -1.38. The molecule has 0 aromatic carbocycles. The van der Waals surface area contributed by atoms with Gasteiger partial charge in [0.15, 0.2) is 0 Å². The second-order valence-electron chi connectivity index (χ2n) is 3.13. The van der Waals surface area contributed by atoms with Gasteiger partial charge in [-0.2, -0.15) is 0 Å². The minimum atomic E-state index is 0.179. The lowest BCUT2D eigenvalue weighted by atomic mass is 10.1. The lowest BCUT2D eigenvalue weighted by Crippen LogP contribution is -2.35. The molecule has 1 aromatic rings. The number of anilines is 1. The summed E-state index contributed by atoms with van der Waals surface area (Å²) in [5.74, 6) is 0.908. The first-order chi connectivity index (χ1) is 6.38. The minimum absolute atomic E-state index is 0.179. The monoisotopic (exact) mass is 175 g/mol. The summed E-state index contributed by atoms with van der Waals surface area (Å²) in [7, 11) is 0. The van der Waals surface area contributed by atoms with Crippen molar-refractivity contribution in [1.82, 2.24) is 4.98 Å². The molecule has 13 heavy (non-hydrogen) atoms. The fourth-order valence-electron chi connectivity index (χ4n) is 1.52. The Morgan fingerprint density at radius 2 is 2.38 bits per heavy atom. The van der Waals surface area contributed by atoms with E-state index >= 15 is 0 Å². The Labute approximate surface area is 77.4 Å². The van der Waals surface area contributed by atoms with Gasteiger partial charge in [0.2, 0.25) is 5.91 Å². The zero-order valence-electron chi connectivity index (χ0n) is 7.36. The Kier molecular flexibility index (Phi) is 2.25. The lowest BCUT2D eigenvalue weighted by Gasteiger charge is -2.25. The lowest BCUT2D eigenvalue weighted by molar-refractivity contribution is -0.119. The molecule has 1 aromatic heterocycles. The van der Waals surface area contributed by atoms with Crippen LogP contribution in [0.2, 0.25) is 0 Å². The van der Waals surface area contributed by atoms with E-state index in [1.807, 2.05) is 12.1 Å². The Balaban J connectivity index is 2.20. The summed E-state index contributed by atoms with van der Waals surface area (Å²) in [6.45, 7) is 0.795. The molecule has 2 heterocycles. The van der Waals surface area contributed by atoms with Gasteiger partial charge in [0, 0.05) is 13.0 Å². The van der Waals surface area contributed by atoms with Crippen LogP contribution < -0.4 is 4.90 Å². The van der Waals surface area contributed by atoms with Crippen LogP contribution in [-0.4, -0.2) is 17.4 Å². The molecule has 1 fully saturated rings. The maximum atomic E-state index is 11.5. The Morgan fingerprint density at radius 1 is 1.46 bits per heavy atom. The third kappa shape index (κ3) is 1.69. The van der Waals surface area contributed by atoms with Crippen molar-refractivity contribution in [3.63, 3.8) is 0 Å². The maximum Gasteiger partial charge on any atom is 0.228 e. The van der Waals surface area contributed by atoms with Gasteiger partial charge in [-0.15, -0.1) is 0 Å². The molecule has 0 unspecified atom stereocenters. The number of rotatable bonds is 1. The molecule has 1 aliphatic heterocycles. The van der Waals surface area contributed by atoms with Crippen LogP contribution in [0.4, 0.5) is 5.82 Å². The van der Waals surface area contributed by atoms with Crippen molar-refractivity contribution in [2.24, 2.45) is 0 Å². The summed E-state index contributed by atoms with van der Waals surface area (Å²) in [5.41, 5.74) is 0. The normalized spacial score (nSPS) is 17.5. The third-order valence-electron chi connectivity index (χ3n) is 2.20. The first kappa shape index (κ1) is 8.23. The van der Waals surface area contributed by atoms with Gasteiger partial charge in [-0.05, 0) is 25.0 Å². The highest BCUT2D eigenvalue weighted by atomic mass is 16.2. The number of carbonyl (C=O) groups is 1. The summed E-state index contributed by atoms with van der Waals surface area (Å²) in [4.78, 5) is 17.2. The van der Waals surface area contributed by atoms with Crippen molar-refractivity contribution in [3.8, 4) is 0 Å². The van der Waals surface area contributed by atoms with Crippen molar-refractivity contribution < 1.29 is 4.79 Å². The van der Waals surface area contributed by atoms with Gasteiger partial charge in [-0.3, -0.25) is 9.69 Å². The van der Waals surface area contributed by atoms with E-state index in [0.717, 1.165) is 25.2 Å². The van der Waals surface area contributed by atoms with Crippen LogP contribution in [0, 0.1) is 6.20 Å². The van der Waals surface area contributed by atoms with Crippen molar-refractivity contribution in [1.29, 1.82) is 0 Å². The van der Waals surface area contributed by atoms with Crippen LogP contribution >= 0.6 is 0 Å². The number of hydrogen-bond acceptors (Lipinski definition) is 2. The number of piperidine rings is 1. The van der Waals surface area contributed by atoms with Gasteiger partial charge in [-0.25, -0.2) is 4.98 Å². The fraction of sp³-hybridized carbons (Fsp3) is 0.400. The molecule has 67 valence electrons. The van der Waals surface area contributed by atoms with Gasteiger partial charge in [0.1, 0.15) is 5.82 Å². The van der Waals surface area contributed by atoms with Crippen LogP contribution in [0.3, 0.4) is 0 Å². The smallest absolute Gasteiger partial charge is 0.228 e. The topological polar surface area (TPSA) is 33.2 Å². The predicted molar refractivity (Wildman–Crippen MR) is 49.3 cm³/mol. The van der Waals surface area contributed by atoms with Gasteiger partial charge in [0.05, 0.1) is 6.20 Å². The van der Waals surface area contributed by atoms with Gasteiger partial charge in [0.25, 0.3) is 0 Å². The molecule has 0 aliphatic carbocycles. The molecule has 0 saturated carbocycles. The summed E-state index contributed by atoms with van der Waals surface area (Å²) in [6.07, 6.45) is 5.46. The second-order valence-corrected chi connectivity index (χ2v) is 3.13. The summed E-state index contributed by atoms with van der Waals surface area (Å²) in [5, 5.41) is 0. The number of hydrogen-bond donors (Lipinski definition) is 0. The number of amides is 1. The number of carbonyl (C=O) groups excluding carboxylic acids is 1. The maximum absolute atomic E-state index is 11.5. The van der Waals surface area contributed by atoms with Crippen molar-refractivity contribution in [2.75, 3.05) is 11.4 Å². The Bertz CT molecular complexity index is 297. The van der Waals surface area contributed by atoms with Crippen molar-refractivity contribution in [3.05, 3.63) is 24.4 Å². The van der Waals surface area contributed by atoms with E-state index in [0.29, 0.717) is 6.42 Å². The molecule has 1 saturated heterocycles. The molecule has 3 heteroatoms. The number of aromatic nitrogens is 1. The van der Waals surface area contributed by atoms with E-state index in [1.54, 1.807) is 11.0 Å². The highest BCUT2D eigenvalue weighted by molar-refractivity contribution is 5.92. The minimum Gasteiger partial charge on any atom is -0.297 e. The molecule has 0 N–H and O–H groups in total. The average molecular weight is 175 g/mol. The van der Waals surface area contributed by atoms with Crippen LogP contribution in [0.15, 0.2) is 18.2 Å². The molecule has 0 spiro atoms. The van der Waals surface area contributed by atoms with Crippen molar-refractivity contribution >= 4 is 11.7 Å². The van der Waals surface area contributed by atoms with E-state index in [4.69, 9.17) is 0 Å². The zero-order chi connectivity index (χ0) is 9.10. The van der Waals surface area contributed by atoms with Crippen LogP contribution in [0.5, 0.6) is 0 Å². The summed E-state index contributed by atoms with van der Waals surface area (Å²) < 4.78 is 0. The van der Waals surface area contributed by atoms with Crippen LogP contribution in [-0.2, 0) is 4.79 Å². The summed E-state index contributed by atoms with van der Waals surface area (Å²) >= 11 is 0. The Morgan fingerprint density at radius 3 is 3.08 bits per heavy atom. The predicted octanol–water partition coefficient (Wildman–Crippen LogP) is 1.40. The molecular formula is C10H11N2O. The SMILES string of the molecule is O=C1CCCCN1c1ccc[c]n1. The molecule has 0 atom stereocenters. The van der Waals surface area contributed by atoms with Gasteiger partial charge < -0.3 is 0 Å². The van der Waals surface area contributed by atoms with E-state index in [9.17, 15) is 4.79 Å². The van der Waals surface area contributed by atoms with Crippen LogP contribution in [0.1, 0.15) is 19.3 Å². The van der Waals surface area contributed by atoms with Crippen molar-refractivity contribution in [2.45, 2.75) is 19.3 Å².